The van der Waals surface area contributed by atoms with Crippen molar-refractivity contribution < 1.29 is 0 Å². The maximum absolute atomic E-state index is 4.10. The Labute approximate surface area is 81.5 Å². The molecule has 3 heteroatoms. The van der Waals surface area contributed by atoms with Crippen LogP contribution < -0.4 is 5.32 Å². The fraction of sp³-hybridized carbons (Fsp3) is 0.444. The molecule has 0 bridgehead atoms. The molecule has 1 aromatic heterocycles. The van der Waals surface area contributed by atoms with Crippen LogP contribution in [0.2, 0.25) is 0 Å². The summed E-state index contributed by atoms with van der Waals surface area (Å²) in [6.07, 6.45) is 5.98. The molecule has 2 nitrogen and oxygen atoms in total. The van der Waals surface area contributed by atoms with Crippen molar-refractivity contribution in [2.75, 3.05) is 13.6 Å². The van der Waals surface area contributed by atoms with Crippen molar-refractivity contribution >= 4 is 15.9 Å². The molecule has 66 valence electrons. The maximum atomic E-state index is 4.10. The van der Waals surface area contributed by atoms with Gasteiger partial charge in [-0.1, -0.05) is 0 Å². The average molecular weight is 229 g/mol. The standard InChI is InChI=1S/C9H13BrN2/c1-11-4-2-3-8-5-9(10)7-12-6-8/h5-7,11H,2-4H2,1H3. The summed E-state index contributed by atoms with van der Waals surface area (Å²) in [6, 6.07) is 2.11. The molecule has 0 saturated heterocycles. The first kappa shape index (κ1) is 9.68. The fourth-order valence-corrected chi connectivity index (χ4v) is 1.47. The monoisotopic (exact) mass is 228 g/mol. The molecule has 0 spiro atoms. The third-order valence-corrected chi connectivity index (χ3v) is 2.09. The summed E-state index contributed by atoms with van der Waals surface area (Å²) in [6.45, 7) is 1.06. The number of hydrogen-bond donors (Lipinski definition) is 1. The first-order valence-electron chi connectivity index (χ1n) is 4.07. The summed E-state index contributed by atoms with van der Waals surface area (Å²) in [5.41, 5.74) is 1.29. The van der Waals surface area contributed by atoms with Crippen LogP contribution in [0.3, 0.4) is 0 Å². The van der Waals surface area contributed by atoms with Crippen molar-refractivity contribution in [3.63, 3.8) is 0 Å². The Hall–Kier alpha value is -0.410. The Bertz CT molecular complexity index is 238. The van der Waals surface area contributed by atoms with Gasteiger partial charge in [0.05, 0.1) is 0 Å². The van der Waals surface area contributed by atoms with Gasteiger partial charge in [-0.25, -0.2) is 0 Å². The molecule has 12 heavy (non-hydrogen) atoms. The normalized spacial score (nSPS) is 10.2. The highest BCUT2D eigenvalue weighted by atomic mass is 79.9. The number of nitrogens with one attached hydrogen (secondary N) is 1. The minimum atomic E-state index is 1.06. The molecule has 1 aromatic rings. The number of aryl methyl sites for hydroxylation is 1. The van der Waals surface area contributed by atoms with E-state index in [1.54, 1.807) is 0 Å². The van der Waals surface area contributed by atoms with Crippen LogP contribution in [-0.2, 0) is 6.42 Å². The maximum Gasteiger partial charge on any atom is 0.0410 e. The Morgan fingerprint density at radius 3 is 3.00 bits per heavy atom. The third kappa shape index (κ3) is 3.32. The lowest BCUT2D eigenvalue weighted by atomic mass is 10.2. The number of hydrogen-bond acceptors (Lipinski definition) is 2. The SMILES string of the molecule is CNCCCc1cncc(Br)c1. The molecule has 0 unspecified atom stereocenters. The van der Waals surface area contributed by atoms with Gasteiger partial charge in [0, 0.05) is 16.9 Å². The van der Waals surface area contributed by atoms with E-state index in [1.165, 1.54) is 5.56 Å². The van der Waals surface area contributed by atoms with Crippen LogP contribution in [0.25, 0.3) is 0 Å². The van der Waals surface area contributed by atoms with E-state index in [-0.39, 0.29) is 0 Å². The van der Waals surface area contributed by atoms with E-state index in [4.69, 9.17) is 0 Å². The first-order chi connectivity index (χ1) is 5.83. The summed E-state index contributed by atoms with van der Waals surface area (Å²) in [5, 5.41) is 3.12. The number of pyridine rings is 1. The van der Waals surface area contributed by atoms with Gasteiger partial charge < -0.3 is 5.32 Å². The van der Waals surface area contributed by atoms with E-state index in [1.807, 2.05) is 19.4 Å². The van der Waals surface area contributed by atoms with Gasteiger partial charge in [0.25, 0.3) is 0 Å². The largest absolute Gasteiger partial charge is 0.320 e. The van der Waals surface area contributed by atoms with Crippen molar-refractivity contribution in [3.05, 3.63) is 28.5 Å². The Morgan fingerprint density at radius 2 is 2.33 bits per heavy atom. The van der Waals surface area contributed by atoms with Crippen LogP contribution in [0.1, 0.15) is 12.0 Å². The van der Waals surface area contributed by atoms with Crippen molar-refractivity contribution in [2.24, 2.45) is 0 Å². The Balaban J connectivity index is 2.41. The molecule has 0 aliphatic carbocycles. The van der Waals surface area contributed by atoms with E-state index in [2.05, 4.69) is 32.3 Å². The molecule has 0 radical (unpaired) electrons. The summed E-state index contributed by atoms with van der Waals surface area (Å²) in [7, 11) is 1.97. The predicted molar refractivity (Wildman–Crippen MR) is 54.2 cm³/mol. The summed E-state index contributed by atoms with van der Waals surface area (Å²) < 4.78 is 1.06. The van der Waals surface area contributed by atoms with Gasteiger partial charge in [0.2, 0.25) is 0 Å². The highest BCUT2D eigenvalue weighted by Crippen LogP contribution is 2.10. The Morgan fingerprint density at radius 1 is 1.50 bits per heavy atom. The molecule has 0 atom stereocenters. The lowest BCUT2D eigenvalue weighted by Crippen LogP contribution is -2.08. The van der Waals surface area contributed by atoms with Gasteiger partial charge in [0.15, 0.2) is 0 Å². The van der Waals surface area contributed by atoms with Gasteiger partial charge in [0.1, 0.15) is 0 Å². The topological polar surface area (TPSA) is 24.9 Å². The van der Waals surface area contributed by atoms with E-state index < -0.39 is 0 Å². The molecular weight excluding hydrogens is 216 g/mol. The van der Waals surface area contributed by atoms with Gasteiger partial charge in [-0.3, -0.25) is 4.98 Å². The number of halogens is 1. The van der Waals surface area contributed by atoms with Crippen LogP contribution in [0, 0.1) is 0 Å². The second-order valence-electron chi connectivity index (χ2n) is 2.72. The van der Waals surface area contributed by atoms with Crippen LogP contribution in [0.5, 0.6) is 0 Å². The van der Waals surface area contributed by atoms with E-state index in [9.17, 15) is 0 Å². The fourth-order valence-electron chi connectivity index (χ4n) is 1.06. The summed E-state index contributed by atoms with van der Waals surface area (Å²) in [4.78, 5) is 4.10. The molecule has 0 amide bonds. The number of aromatic nitrogens is 1. The summed E-state index contributed by atoms with van der Waals surface area (Å²) in [5.74, 6) is 0. The molecule has 1 N–H and O–H groups in total. The third-order valence-electron chi connectivity index (χ3n) is 1.65. The van der Waals surface area contributed by atoms with E-state index in [0.717, 1.165) is 23.9 Å². The second kappa shape index (κ2) is 5.27. The minimum absolute atomic E-state index is 1.06. The van der Waals surface area contributed by atoms with Crippen LogP contribution >= 0.6 is 15.9 Å². The van der Waals surface area contributed by atoms with E-state index in [0.29, 0.717) is 0 Å². The molecule has 0 fully saturated rings. The van der Waals surface area contributed by atoms with Crippen LogP contribution in [0.4, 0.5) is 0 Å². The molecule has 1 rings (SSSR count). The molecular formula is C9H13BrN2. The van der Waals surface area contributed by atoms with Gasteiger partial charge in [-0.05, 0) is 54.0 Å². The molecule has 1 heterocycles. The van der Waals surface area contributed by atoms with Crippen molar-refractivity contribution in [2.45, 2.75) is 12.8 Å². The molecule has 0 aromatic carbocycles. The van der Waals surface area contributed by atoms with E-state index >= 15 is 0 Å². The minimum Gasteiger partial charge on any atom is -0.320 e. The van der Waals surface area contributed by atoms with Crippen molar-refractivity contribution in [1.29, 1.82) is 0 Å². The van der Waals surface area contributed by atoms with Crippen LogP contribution in [0.15, 0.2) is 22.9 Å². The van der Waals surface area contributed by atoms with Crippen molar-refractivity contribution in [1.82, 2.24) is 10.3 Å². The zero-order valence-corrected chi connectivity index (χ0v) is 8.76. The summed E-state index contributed by atoms with van der Waals surface area (Å²) >= 11 is 3.39. The quantitative estimate of drug-likeness (QED) is 0.798. The highest BCUT2D eigenvalue weighted by molar-refractivity contribution is 9.10. The highest BCUT2D eigenvalue weighted by Gasteiger charge is 1.93. The lowest BCUT2D eigenvalue weighted by molar-refractivity contribution is 0.723. The van der Waals surface area contributed by atoms with Gasteiger partial charge in [-0.2, -0.15) is 0 Å². The van der Waals surface area contributed by atoms with Gasteiger partial charge in [-0.15, -0.1) is 0 Å². The van der Waals surface area contributed by atoms with Crippen LogP contribution in [-0.4, -0.2) is 18.6 Å². The predicted octanol–water partition coefficient (Wildman–Crippen LogP) is 2.00. The van der Waals surface area contributed by atoms with Gasteiger partial charge >= 0.3 is 0 Å². The lowest BCUT2D eigenvalue weighted by Gasteiger charge is -2.00. The zero-order chi connectivity index (χ0) is 8.81. The van der Waals surface area contributed by atoms with Crippen molar-refractivity contribution in [3.8, 4) is 0 Å². The Kier molecular flexibility index (Phi) is 4.25. The molecule has 0 aliphatic heterocycles. The number of rotatable bonds is 4. The molecule has 0 saturated carbocycles. The zero-order valence-electron chi connectivity index (χ0n) is 7.18. The number of nitrogens with zero attached hydrogens (tertiary/aromatic N) is 1. The molecule has 0 aliphatic rings. The first-order valence-corrected chi connectivity index (χ1v) is 4.86. The second-order valence-corrected chi connectivity index (χ2v) is 3.63. The average Bonchev–Trinajstić information content (AvgIpc) is 2.05. The smallest absolute Gasteiger partial charge is 0.0410 e.